The standard InChI is InChI=1S/C9H15O4P/c1-3-5-8(6-4-2)7-9(10)14(11,12)13/h3-4,8H,1-2,5-7H2,(H2,11,12,13). The van der Waals surface area contributed by atoms with Crippen LogP contribution in [0, 0.1) is 5.92 Å². The zero-order valence-corrected chi connectivity index (χ0v) is 8.82. The van der Waals surface area contributed by atoms with E-state index in [-0.39, 0.29) is 12.3 Å². The Morgan fingerprint density at radius 3 is 2.00 bits per heavy atom. The Morgan fingerprint density at radius 2 is 1.71 bits per heavy atom. The number of allylic oxidation sites excluding steroid dienone is 2. The number of carbonyl (C=O) groups is 1. The molecule has 0 fully saturated rings. The molecule has 0 aromatic rings. The fourth-order valence-electron chi connectivity index (χ4n) is 1.10. The van der Waals surface area contributed by atoms with Crippen molar-refractivity contribution in [3.63, 3.8) is 0 Å². The molecule has 0 aliphatic heterocycles. The van der Waals surface area contributed by atoms with Gasteiger partial charge in [-0.15, -0.1) is 13.2 Å². The third kappa shape index (κ3) is 5.12. The van der Waals surface area contributed by atoms with E-state index in [4.69, 9.17) is 9.79 Å². The van der Waals surface area contributed by atoms with Gasteiger partial charge < -0.3 is 9.79 Å². The minimum atomic E-state index is -4.57. The number of carbonyl (C=O) groups excluding carboxylic acids is 1. The van der Waals surface area contributed by atoms with Crippen LogP contribution in [-0.4, -0.2) is 15.3 Å². The van der Waals surface area contributed by atoms with Crippen molar-refractivity contribution >= 4 is 13.1 Å². The maximum absolute atomic E-state index is 11.0. The van der Waals surface area contributed by atoms with Gasteiger partial charge in [0.2, 0.25) is 5.52 Å². The summed E-state index contributed by atoms with van der Waals surface area (Å²) in [5, 5.41) is 0. The quantitative estimate of drug-likeness (QED) is 0.505. The normalized spacial score (nSPS) is 11.4. The van der Waals surface area contributed by atoms with Crippen molar-refractivity contribution in [3.8, 4) is 0 Å². The highest BCUT2D eigenvalue weighted by molar-refractivity contribution is 7.70. The third-order valence-electron chi connectivity index (χ3n) is 1.79. The summed E-state index contributed by atoms with van der Waals surface area (Å²) in [6, 6.07) is 0. The summed E-state index contributed by atoms with van der Waals surface area (Å²) in [5.41, 5.74) is -1.01. The van der Waals surface area contributed by atoms with Gasteiger partial charge in [-0.2, -0.15) is 0 Å². The molecule has 0 rings (SSSR count). The fraction of sp³-hybridized carbons (Fsp3) is 0.444. The molecule has 0 aliphatic rings. The Bertz CT molecular complexity index is 256. The van der Waals surface area contributed by atoms with Crippen molar-refractivity contribution in [2.45, 2.75) is 19.3 Å². The van der Waals surface area contributed by atoms with Crippen LogP contribution in [0.1, 0.15) is 19.3 Å². The first kappa shape index (κ1) is 13.3. The van der Waals surface area contributed by atoms with Crippen molar-refractivity contribution in [3.05, 3.63) is 25.3 Å². The second kappa shape index (κ2) is 5.91. The molecule has 0 bridgehead atoms. The molecular formula is C9H15O4P. The van der Waals surface area contributed by atoms with Gasteiger partial charge in [-0.3, -0.25) is 9.36 Å². The summed E-state index contributed by atoms with van der Waals surface area (Å²) in [7, 11) is -4.57. The molecular weight excluding hydrogens is 203 g/mol. The predicted molar refractivity (Wildman–Crippen MR) is 54.8 cm³/mol. The summed E-state index contributed by atoms with van der Waals surface area (Å²) < 4.78 is 10.6. The molecule has 0 radical (unpaired) electrons. The van der Waals surface area contributed by atoms with Gasteiger partial charge in [-0.25, -0.2) is 0 Å². The Kier molecular flexibility index (Phi) is 5.62. The fourth-order valence-corrected chi connectivity index (χ4v) is 1.60. The maximum Gasteiger partial charge on any atom is 0.391 e. The summed E-state index contributed by atoms with van der Waals surface area (Å²) in [5.74, 6) is -0.106. The second-order valence-corrected chi connectivity index (χ2v) is 4.64. The van der Waals surface area contributed by atoms with Gasteiger partial charge >= 0.3 is 7.60 Å². The first-order valence-electron chi connectivity index (χ1n) is 4.22. The summed E-state index contributed by atoms with van der Waals surface area (Å²) in [6.07, 6.45) is 4.24. The van der Waals surface area contributed by atoms with Gasteiger partial charge in [0.15, 0.2) is 0 Å². The van der Waals surface area contributed by atoms with E-state index >= 15 is 0 Å². The van der Waals surface area contributed by atoms with Crippen LogP contribution in [-0.2, 0) is 9.36 Å². The van der Waals surface area contributed by atoms with E-state index in [1.165, 1.54) is 0 Å². The molecule has 0 aromatic carbocycles. The molecule has 4 nitrogen and oxygen atoms in total. The molecule has 0 amide bonds. The van der Waals surface area contributed by atoms with Crippen LogP contribution in [0.5, 0.6) is 0 Å². The molecule has 0 saturated carbocycles. The first-order chi connectivity index (χ1) is 6.41. The van der Waals surface area contributed by atoms with Gasteiger partial charge in [-0.05, 0) is 18.8 Å². The first-order valence-corrected chi connectivity index (χ1v) is 5.83. The van der Waals surface area contributed by atoms with Crippen LogP contribution in [0.4, 0.5) is 0 Å². The van der Waals surface area contributed by atoms with E-state index in [1.807, 2.05) is 0 Å². The van der Waals surface area contributed by atoms with Gasteiger partial charge in [0, 0.05) is 6.42 Å². The number of rotatable bonds is 7. The number of hydrogen-bond donors (Lipinski definition) is 2. The lowest BCUT2D eigenvalue weighted by Gasteiger charge is -2.11. The lowest BCUT2D eigenvalue weighted by atomic mass is 9.98. The minimum absolute atomic E-state index is 0.106. The molecule has 0 atom stereocenters. The lowest BCUT2D eigenvalue weighted by molar-refractivity contribution is -0.114. The highest BCUT2D eigenvalue weighted by atomic mass is 31.2. The Morgan fingerprint density at radius 1 is 1.29 bits per heavy atom. The minimum Gasteiger partial charge on any atom is -0.319 e. The molecule has 0 aliphatic carbocycles. The summed E-state index contributed by atoms with van der Waals surface area (Å²) in [4.78, 5) is 28.2. The molecule has 5 heteroatoms. The van der Waals surface area contributed by atoms with E-state index in [0.717, 1.165) is 0 Å². The van der Waals surface area contributed by atoms with Crippen molar-refractivity contribution in [2.75, 3.05) is 0 Å². The summed E-state index contributed by atoms with van der Waals surface area (Å²) in [6.45, 7) is 7.03. The molecule has 2 N–H and O–H groups in total. The van der Waals surface area contributed by atoms with Gasteiger partial charge in [0.1, 0.15) is 0 Å². The van der Waals surface area contributed by atoms with Crippen LogP contribution in [0.3, 0.4) is 0 Å². The third-order valence-corrected chi connectivity index (χ3v) is 2.62. The highest BCUT2D eigenvalue weighted by Gasteiger charge is 2.27. The smallest absolute Gasteiger partial charge is 0.319 e. The SMILES string of the molecule is C=CCC(CC=C)CC(=O)P(=O)(O)O. The van der Waals surface area contributed by atoms with Crippen LogP contribution in [0.25, 0.3) is 0 Å². The van der Waals surface area contributed by atoms with Crippen molar-refractivity contribution in [1.29, 1.82) is 0 Å². The Balaban J connectivity index is 4.29. The second-order valence-electron chi connectivity index (χ2n) is 3.06. The molecule has 14 heavy (non-hydrogen) atoms. The van der Waals surface area contributed by atoms with E-state index < -0.39 is 13.1 Å². The average Bonchev–Trinajstić information content (AvgIpc) is 2.03. The van der Waals surface area contributed by atoms with Gasteiger partial charge in [0.25, 0.3) is 0 Å². The molecule has 0 heterocycles. The van der Waals surface area contributed by atoms with E-state index in [2.05, 4.69) is 13.2 Å². The van der Waals surface area contributed by atoms with E-state index in [0.29, 0.717) is 12.8 Å². The highest BCUT2D eigenvalue weighted by Crippen LogP contribution is 2.38. The maximum atomic E-state index is 11.0. The van der Waals surface area contributed by atoms with E-state index in [9.17, 15) is 9.36 Å². The molecule has 0 aromatic heterocycles. The van der Waals surface area contributed by atoms with Crippen LogP contribution in [0.15, 0.2) is 25.3 Å². The Hall–Kier alpha value is -0.700. The average molecular weight is 218 g/mol. The number of hydrogen-bond acceptors (Lipinski definition) is 2. The van der Waals surface area contributed by atoms with Crippen molar-refractivity contribution in [2.24, 2.45) is 5.92 Å². The van der Waals surface area contributed by atoms with Gasteiger partial charge in [-0.1, -0.05) is 12.2 Å². The zero-order valence-electron chi connectivity index (χ0n) is 7.93. The van der Waals surface area contributed by atoms with Crippen molar-refractivity contribution in [1.82, 2.24) is 0 Å². The zero-order chi connectivity index (χ0) is 11.2. The lowest BCUT2D eigenvalue weighted by Crippen LogP contribution is -2.07. The molecule has 0 unspecified atom stereocenters. The molecule has 80 valence electrons. The monoisotopic (exact) mass is 218 g/mol. The Labute approximate surface area is 83.5 Å². The molecule has 0 spiro atoms. The van der Waals surface area contributed by atoms with Crippen molar-refractivity contribution < 1.29 is 19.1 Å². The van der Waals surface area contributed by atoms with Crippen LogP contribution >= 0.6 is 7.60 Å². The largest absolute Gasteiger partial charge is 0.391 e. The summed E-state index contributed by atoms with van der Waals surface area (Å²) >= 11 is 0. The van der Waals surface area contributed by atoms with Crippen LogP contribution < -0.4 is 0 Å². The predicted octanol–water partition coefficient (Wildman–Crippen LogP) is 1.85. The van der Waals surface area contributed by atoms with E-state index in [1.54, 1.807) is 12.2 Å². The topological polar surface area (TPSA) is 74.6 Å². The van der Waals surface area contributed by atoms with Gasteiger partial charge in [0.05, 0.1) is 0 Å². The van der Waals surface area contributed by atoms with Crippen LogP contribution in [0.2, 0.25) is 0 Å². The molecule has 0 saturated heterocycles.